The van der Waals surface area contributed by atoms with E-state index >= 15 is 0 Å². The maximum absolute atomic E-state index is 12.6. The van der Waals surface area contributed by atoms with Gasteiger partial charge in [0.05, 0.1) is 17.9 Å². The van der Waals surface area contributed by atoms with E-state index in [1.54, 1.807) is 6.08 Å². The highest BCUT2D eigenvalue weighted by atomic mass is 32.2. The molecule has 4 N–H and O–H groups in total. The number of aliphatic hydroxyl groups is 2. The number of rotatable bonds is 36. The molecule has 1 amide bonds. The van der Waals surface area contributed by atoms with E-state index in [1.807, 2.05) is 0 Å². The van der Waals surface area contributed by atoms with Crippen molar-refractivity contribution in [2.75, 3.05) is 5.75 Å². The lowest BCUT2D eigenvalue weighted by Gasteiger charge is -2.22. The Hall–Kier alpha value is -1.48. The zero-order valence-corrected chi connectivity index (χ0v) is 32.5. The van der Waals surface area contributed by atoms with Gasteiger partial charge in [-0.1, -0.05) is 185 Å². The van der Waals surface area contributed by atoms with Gasteiger partial charge in [-0.25, -0.2) is 0 Å². The molecule has 7 nitrogen and oxygen atoms in total. The van der Waals surface area contributed by atoms with E-state index in [0.717, 1.165) is 44.9 Å². The van der Waals surface area contributed by atoms with Crippen LogP contribution in [0, 0.1) is 0 Å². The molecule has 0 bridgehead atoms. The van der Waals surface area contributed by atoms with E-state index < -0.39 is 40.0 Å². The van der Waals surface area contributed by atoms with Gasteiger partial charge in [-0.15, -0.1) is 0 Å². The molecule has 3 atom stereocenters. The van der Waals surface area contributed by atoms with Crippen LogP contribution in [0.25, 0.3) is 0 Å². The Labute approximate surface area is 302 Å². The van der Waals surface area contributed by atoms with Gasteiger partial charge in [0.15, 0.2) is 0 Å². The molecule has 8 heteroatoms. The van der Waals surface area contributed by atoms with Crippen molar-refractivity contribution in [2.24, 2.45) is 0 Å². The first kappa shape index (κ1) is 47.5. The first-order chi connectivity index (χ1) is 23.7. The predicted molar refractivity (Wildman–Crippen MR) is 208 cm³/mol. The lowest BCUT2D eigenvalue weighted by molar-refractivity contribution is -0.130. The largest absolute Gasteiger partial charge is 0.387 e. The zero-order valence-electron chi connectivity index (χ0n) is 31.7. The highest BCUT2D eigenvalue weighted by molar-refractivity contribution is 7.85. The summed E-state index contributed by atoms with van der Waals surface area (Å²) in [5, 5.41) is 23.4. The van der Waals surface area contributed by atoms with Crippen LogP contribution in [0.5, 0.6) is 0 Å². The van der Waals surface area contributed by atoms with Gasteiger partial charge in [0.1, 0.15) is 6.10 Å². The molecule has 0 rings (SSSR count). The minimum absolute atomic E-state index is 0.275. The number of aliphatic hydroxyl groups excluding tert-OH is 2. The van der Waals surface area contributed by atoms with E-state index in [9.17, 15) is 28.0 Å². The summed E-state index contributed by atoms with van der Waals surface area (Å²) in [6.07, 6.45) is 41.9. The van der Waals surface area contributed by atoms with Crippen LogP contribution in [0.1, 0.15) is 194 Å². The lowest BCUT2D eigenvalue weighted by atomic mass is 10.0. The van der Waals surface area contributed by atoms with Gasteiger partial charge in [0.25, 0.3) is 10.1 Å². The van der Waals surface area contributed by atoms with E-state index in [-0.39, 0.29) is 6.42 Å². The topological polar surface area (TPSA) is 124 Å². The van der Waals surface area contributed by atoms with Gasteiger partial charge in [-0.05, 0) is 44.9 Å². The Balaban J connectivity index is 4.05. The van der Waals surface area contributed by atoms with Crippen molar-refractivity contribution in [1.29, 1.82) is 0 Å². The number of amides is 1. The summed E-state index contributed by atoms with van der Waals surface area (Å²) in [6.45, 7) is 4.47. The molecular weight excluding hydrogens is 635 g/mol. The maximum Gasteiger partial charge on any atom is 0.267 e. The van der Waals surface area contributed by atoms with E-state index in [0.29, 0.717) is 6.42 Å². The van der Waals surface area contributed by atoms with Crippen LogP contribution in [0.2, 0.25) is 0 Å². The average molecular weight is 712 g/mol. The van der Waals surface area contributed by atoms with Crippen LogP contribution in [0.15, 0.2) is 36.5 Å². The molecule has 0 saturated carbocycles. The summed E-state index contributed by atoms with van der Waals surface area (Å²) in [4.78, 5) is 12.6. The third kappa shape index (κ3) is 34.7. The summed E-state index contributed by atoms with van der Waals surface area (Å²) in [6, 6.07) is -1.23. The smallest absolute Gasteiger partial charge is 0.267 e. The summed E-state index contributed by atoms with van der Waals surface area (Å²) in [5.74, 6) is -1.54. The van der Waals surface area contributed by atoms with Gasteiger partial charge in [-0.2, -0.15) is 8.42 Å². The van der Waals surface area contributed by atoms with Gasteiger partial charge in [0, 0.05) is 0 Å². The molecule has 0 radical (unpaired) electrons. The number of carbonyl (C=O) groups excluding carboxylic acids is 1. The van der Waals surface area contributed by atoms with Gasteiger partial charge >= 0.3 is 0 Å². The molecule has 0 saturated heterocycles. The van der Waals surface area contributed by atoms with Crippen LogP contribution in [-0.4, -0.2) is 53.1 Å². The van der Waals surface area contributed by atoms with Crippen LogP contribution >= 0.6 is 0 Å². The first-order valence-electron chi connectivity index (χ1n) is 20.3. The van der Waals surface area contributed by atoms with E-state index in [2.05, 4.69) is 43.5 Å². The molecule has 49 heavy (non-hydrogen) atoms. The van der Waals surface area contributed by atoms with Crippen molar-refractivity contribution in [3.63, 3.8) is 0 Å². The highest BCUT2D eigenvalue weighted by Crippen LogP contribution is 2.15. The van der Waals surface area contributed by atoms with Crippen molar-refractivity contribution in [2.45, 2.75) is 212 Å². The predicted octanol–water partition coefficient (Wildman–Crippen LogP) is 10.7. The minimum Gasteiger partial charge on any atom is -0.387 e. The second-order valence-electron chi connectivity index (χ2n) is 14.1. The minimum atomic E-state index is -4.44. The van der Waals surface area contributed by atoms with Crippen LogP contribution in [0.4, 0.5) is 0 Å². The molecule has 0 aliphatic heterocycles. The van der Waals surface area contributed by atoms with Crippen LogP contribution in [-0.2, 0) is 14.9 Å². The summed E-state index contributed by atoms with van der Waals surface area (Å²) < 4.78 is 32.5. The quantitative estimate of drug-likeness (QED) is 0.0222. The Morgan fingerprint density at radius 3 is 1.39 bits per heavy atom. The molecule has 0 aliphatic rings. The molecule has 3 unspecified atom stereocenters. The highest BCUT2D eigenvalue weighted by Gasteiger charge is 2.27. The Bertz CT molecular complexity index is 932. The molecule has 0 heterocycles. The number of allylic oxidation sites excluding steroid dienone is 5. The van der Waals surface area contributed by atoms with E-state index in [4.69, 9.17) is 0 Å². The molecule has 0 aliphatic carbocycles. The van der Waals surface area contributed by atoms with Crippen molar-refractivity contribution in [3.05, 3.63) is 36.5 Å². The number of unbranched alkanes of at least 4 members (excludes halogenated alkanes) is 24. The zero-order chi connectivity index (χ0) is 36.3. The fourth-order valence-electron chi connectivity index (χ4n) is 6.03. The summed E-state index contributed by atoms with van der Waals surface area (Å²) >= 11 is 0. The lowest BCUT2D eigenvalue weighted by Crippen LogP contribution is -2.50. The van der Waals surface area contributed by atoms with Crippen LogP contribution in [0.3, 0.4) is 0 Å². The van der Waals surface area contributed by atoms with Gasteiger partial charge < -0.3 is 15.5 Å². The molecule has 0 fully saturated rings. The van der Waals surface area contributed by atoms with Crippen molar-refractivity contribution < 1.29 is 28.0 Å². The SMILES string of the molecule is CCCCC/C=C\C=C/CCCCCCCCCCCC(O)C(=O)NC(CS(=O)(=O)O)C(O)/C=C/CCCCCCCCCCCCCC. The summed E-state index contributed by atoms with van der Waals surface area (Å²) in [5.41, 5.74) is 0. The van der Waals surface area contributed by atoms with Crippen LogP contribution < -0.4 is 5.32 Å². The maximum atomic E-state index is 12.6. The number of hydrogen-bond acceptors (Lipinski definition) is 5. The molecule has 288 valence electrons. The van der Waals surface area contributed by atoms with E-state index in [1.165, 1.54) is 128 Å². The molecular formula is C41H77NO6S. The first-order valence-corrected chi connectivity index (χ1v) is 21.9. The Morgan fingerprint density at radius 1 is 0.571 bits per heavy atom. The van der Waals surface area contributed by atoms with Gasteiger partial charge in [0.2, 0.25) is 5.91 Å². The summed E-state index contributed by atoms with van der Waals surface area (Å²) in [7, 11) is -4.44. The van der Waals surface area contributed by atoms with Gasteiger partial charge in [-0.3, -0.25) is 9.35 Å². The van der Waals surface area contributed by atoms with Crippen molar-refractivity contribution in [1.82, 2.24) is 5.32 Å². The van der Waals surface area contributed by atoms with Crippen molar-refractivity contribution in [3.8, 4) is 0 Å². The molecule has 0 spiro atoms. The second kappa shape index (κ2) is 34.9. The normalized spacial score (nSPS) is 14.3. The third-order valence-corrected chi connectivity index (χ3v) is 9.98. The molecule has 0 aromatic rings. The average Bonchev–Trinajstić information content (AvgIpc) is 3.06. The molecule has 0 aromatic heterocycles. The number of carbonyl (C=O) groups is 1. The van der Waals surface area contributed by atoms with Crippen molar-refractivity contribution >= 4 is 16.0 Å². The third-order valence-electron chi connectivity index (χ3n) is 9.20. The Kier molecular flexibility index (Phi) is 33.9. The second-order valence-corrected chi connectivity index (χ2v) is 15.6. The standard InChI is InChI=1S/C41H77NO6S/c1-3-5-7-9-11-13-15-17-19-20-21-22-24-26-28-30-32-34-36-40(44)41(45)42-38(37-49(46,47)48)39(43)35-33-31-29-27-25-23-18-16-14-12-10-8-6-4-2/h11,13,15,17,33,35,38-40,43-44H,3-10,12,14,16,18-32,34,36-37H2,1-2H3,(H,42,45)(H,46,47,48)/b13-11-,17-15-,35-33+. The fourth-order valence-corrected chi connectivity index (χ4v) is 6.77. The monoisotopic (exact) mass is 712 g/mol. The number of hydrogen-bond donors (Lipinski definition) is 4. The number of nitrogens with one attached hydrogen (secondary N) is 1. The fraction of sp³-hybridized carbons (Fsp3) is 0.829. The Morgan fingerprint density at radius 2 is 0.939 bits per heavy atom. The molecule has 0 aromatic carbocycles.